The Morgan fingerprint density at radius 1 is 1.75 bits per heavy atom. The maximum Gasteiger partial charge on any atom is 0.323 e. The fraction of sp³-hybridized carbons (Fsp3) is 0.833. The maximum atomic E-state index is 10.5. The molecule has 0 aromatic carbocycles. The van der Waals surface area contributed by atoms with E-state index in [-0.39, 0.29) is 6.54 Å². The SMILES string of the molecule is CC(C)(NCCN=[N+]=[N-])C(=O)O. The van der Waals surface area contributed by atoms with E-state index >= 15 is 0 Å². The lowest BCUT2D eigenvalue weighted by Crippen LogP contribution is -2.47. The van der Waals surface area contributed by atoms with E-state index in [4.69, 9.17) is 10.6 Å². The number of carboxylic acid groups (broad SMARTS) is 1. The third-order valence-corrected chi connectivity index (χ3v) is 1.38. The van der Waals surface area contributed by atoms with Gasteiger partial charge in [0.05, 0.1) is 0 Å². The molecule has 68 valence electrons. The first-order chi connectivity index (χ1) is 5.50. The second-order valence-corrected chi connectivity index (χ2v) is 2.81. The number of aliphatic carboxylic acids is 1. The molecule has 0 amide bonds. The van der Waals surface area contributed by atoms with E-state index < -0.39 is 11.5 Å². The summed E-state index contributed by atoms with van der Waals surface area (Å²) in [5.41, 5.74) is 6.95. The Morgan fingerprint density at radius 3 is 2.75 bits per heavy atom. The van der Waals surface area contributed by atoms with Gasteiger partial charge in [0.15, 0.2) is 0 Å². The van der Waals surface area contributed by atoms with E-state index in [0.29, 0.717) is 6.54 Å². The van der Waals surface area contributed by atoms with Gasteiger partial charge in [0.2, 0.25) is 0 Å². The largest absolute Gasteiger partial charge is 0.480 e. The van der Waals surface area contributed by atoms with Crippen LogP contribution >= 0.6 is 0 Å². The van der Waals surface area contributed by atoms with Gasteiger partial charge in [-0.15, -0.1) is 0 Å². The number of rotatable bonds is 5. The summed E-state index contributed by atoms with van der Waals surface area (Å²) in [6, 6.07) is 0. The molecule has 0 radical (unpaired) electrons. The third kappa shape index (κ3) is 3.80. The predicted molar refractivity (Wildman–Crippen MR) is 43.7 cm³/mol. The van der Waals surface area contributed by atoms with Gasteiger partial charge in [-0.25, -0.2) is 0 Å². The molecule has 12 heavy (non-hydrogen) atoms. The van der Waals surface area contributed by atoms with Crippen molar-refractivity contribution in [1.29, 1.82) is 0 Å². The zero-order valence-electron chi connectivity index (χ0n) is 7.11. The summed E-state index contributed by atoms with van der Waals surface area (Å²) in [6.45, 7) is 3.72. The Labute approximate surface area is 70.2 Å². The molecule has 0 atom stereocenters. The molecule has 0 aliphatic heterocycles. The van der Waals surface area contributed by atoms with Crippen molar-refractivity contribution in [1.82, 2.24) is 5.32 Å². The molecular formula is C6H12N4O2. The van der Waals surface area contributed by atoms with Crippen molar-refractivity contribution in [2.45, 2.75) is 19.4 Å². The molecule has 0 aliphatic rings. The minimum Gasteiger partial charge on any atom is -0.480 e. The minimum atomic E-state index is -0.967. The molecule has 0 unspecified atom stereocenters. The van der Waals surface area contributed by atoms with Crippen LogP contribution < -0.4 is 5.32 Å². The number of nitrogens with zero attached hydrogens (tertiary/aromatic N) is 3. The lowest BCUT2D eigenvalue weighted by molar-refractivity contribution is -0.143. The number of hydrogen-bond donors (Lipinski definition) is 2. The van der Waals surface area contributed by atoms with Crippen LogP contribution in [0.2, 0.25) is 0 Å². The van der Waals surface area contributed by atoms with Crippen molar-refractivity contribution in [3.8, 4) is 0 Å². The number of azide groups is 1. The summed E-state index contributed by atoms with van der Waals surface area (Å²) in [5, 5.41) is 14.6. The van der Waals surface area contributed by atoms with Crippen LogP contribution in [0.25, 0.3) is 10.4 Å². The van der Waals surface area contributed by atoms with Crippen LogP contribution in [0.15, 0.2) is 5.11 Å². The van der Waals surface area contributed by atoms with Crippen molar-refractivity contribution < 1.29 is 9.90 Å². The predicted octanol–water partition coefficient (Wildman–Crippen LogP) is 0.749. The van der Waals surface area contributed by atoms with E-state index in [0.717, 1.165) is 0 Å². The summed E-state index contributed by atoms with van der Waals surface area (Å²) in [4.78, 5) is 13.1. The van der Waals surface area contributed by atoms with Gasteiger partial charge in [0.25, 0.3) is 0 Å². The van der Waals surface area contributed by atoms with Crippen molar-refractivity contribution in [2.75, 3.05) is 13.1 Å². The molecule has 0 aromatic rings. The molecule has 6 nitrogen and oxygen atoms in total. The molecule has 0 fully saturated rings. The van der Waals surface area contributed by atoms with Gasteiger partial charge in [-0.05, 0) is 19.4 Å². The summed E-state index contributed by atoms with van der Waals surface area (Å²) in [5.74, 6) is -0.927. The first-order valence-electron chi connectivity index (χ1n) is 3.50. The van der Waals surface area contributed by atoms with Crippen molar-refractivity contribution in [3.05, 3.63) is 10.4 Å². The van der Waals surface area contributed by atoms with Crippen molar-refractivity contribution in [3.63, 3.8) is 0 Å². The van der Waals surface area contributed by atoms with Crippen LogP contribution in [0.1, 0.15) is 13.8 Å². The van der Waals surface area contributed by atoms with Gasteiger partial charge in [-0.3, -0.25) is 4.79 Å². The molecule has 0 heterocycles. The van der Waals surface area contributed by atoms with Gasteiger partial charge < -0.3 is 10.4 Å². The van der Waals surface area contributed by atoms with E-state index in [2.05, 4.69) is 15.3 Å². The highest BCUT2D eigenvalue weighted by molar-refractivity contribution is 5.77. The molecule has 0 saturated carbocycles. The lowest BCUT2D eigenvalue weighted by atomic mass is 10.1. The molecule has 2 N–H and O–H groups in total. The minimum absolute atomic E-state index is 0.257. The first kappa shape index (κ1) is 10.7. The Bertz CT molecular complexity index is 208. The van der Waals surface area contributed by atoms with Gasteiger partial charge >= 0.3 is 5.97 Å². The fourth-order valence-electron chi connectivity index (χ4n) is 0.539. The second-order valence-electron chi connectivity index (χ2n) is 2.81. The van der Waals surface area contributed by atoms with Crippen LogP contribution in [0.4, 0.5) is 0 Å². The van der Waals surface area contributed by atoms with Gasteiger partial charge in [-0.1, -0.05) is 5.11 Å². The monoisotopic (exact) mass is 172 g/mol. The highest BCUT2D eigenvalue weighted by Crippen LogP contribution is 2.00. The highest BCUT2D eigenvalue weighted by Gasteiger charge is 2.25. The summed E-state index contributed by atoms with van der Waals surface area (Å²) < 4.78 is 0. The first-order valence-corrected chi connectivity index (χ1v) is 3.50. The van der Waals surface area contributed by atoms with Crippen molar-refractivity contribution >= 4 is 5.97 Å². The molecule has 0 bridgehead atoms. The number of hydrogen-bond acceptors (Lipinski definition) is 3. The molecule has 6 heteroatoms. The third-order valence-electron chi connectivity index (χ3n) is 1.38. The van der Waals surface area contributed by atoms with Gasteiger partial charge in [-0.2, -0.15) is 0 Å². The van der Waals surface area contributed by atoms with E-state index in [1.807, 2.05) is 0 Å². The number of carbonyl (C=O) groups is 1. The quantitative estimate of drug-likeness (QED) is 0.277. The molecule has 0 aliphatic carbocycles. The van der Waals surface area contributed by atoms with Gasteiger partial charge in [0, 0.05) is 18.0 Å². The molecule has 0 spiro atoms. The zero-order valence-corrected chi connectivity index (χ0v) is 7.11. The Kier molecular flexibility index (Phi) is 4.10. The topological polar surface area (TPSA) is 98.1 Å². The number of carboxylic acids is 1. The molecular weight excluding hydrogens is 160 g/mol. The molecule has 0 rings (SSSR count). The van der Waals surface area contributed by atoms with Crippen LogP contribution in [-0.4, -0.2) is 29.7 Å². The maximum absolute atomic E-state index is 10.5. The van der Waals surface area contributed by atoms with E-state index in [1.54, 1.807) is 13.8 Å². The van der Waals surface area contributed by atoms with Crippen molar-refractivity contribution in [2.24, 2.45) is 5.11 Å². The average Bonchev–Trinajstić information content (AvgIpc) is 1.98. The Balaban J connectivity index is 3.76. The Morgan fingerprint density at radius 2 is 2.33 bits per heavy atom. The van der Waals surface area contributed by atoms with Crippen LogP contribution in [0, 0.1) is 0 Å². The fourth-order valence-corrected chi connectivity index (χ4v) is 0.539. The second kappa shape index (κ2) is 4.58. The normalized spacial score (nSPS) is 10.5. The lowest BCUT2D eigenvalue weighted by Gasteiger charge is -2.20. The summed E-state index contributed by atoms with van der Waals surface area (Å²) >= 11 is 0. The molecule has 0 aromatic heterocycles. The molecule has 0 saturated heterocycles. The zero-order chi connectivity index (χ0) is 9.61. The van der Waals surface area contributed by atoms with Crippen LogP contribution in [-0.2, 0) is 4.79 Å². The smallest absolute Gasteiger partial charge is 0.323 e. The summed E-state index contributed by atoms with van der Waals surface area (Å²) in [7, 11) is 0. The standard InChI is InChI=1S/C6H12N4O2/c1-6(2,5(11)12)8-3-4-9-10-7/h8H,3-4H2,1-2H3,(H,11,12). The summed E-state index contributed by atoms with van der Waals surface area (Å²) in [6.07, 6.45) is 0. The van der Waals surface area contributed by atoms with Gasteiger partial charge in [0.1, 0.15) is 5.54 Å². The Hall–Kier alpha value is -1.26. The van der Waals surface area contributed by atoms with E-state index in [9.17, 15) is 4.79 Å². The number of nitrogens with one attached hydrogen (secondary N) is 1. The highest BCUT2D eigenvalue weighted by atomic mass is 16.4. The van der Waals surface area contributed by atoms with Crippen LogP contribution in [0.5, 0.6) is 0 Å². The average molecular weight is 172 g/mol. The van der Waals surface area contributed by atoms with Crippen LogP contribution in [0.3, 0.4) is 0 Å². The van der Waals surface area contributed by atoms with E-state index in [1.165, 1.54) is 0 Å².